The van der Waals surface area contributed by atoms with Crippen molar-refractivity contribution in [2.45, 2.75) is 26.3 Å². The maximum Gasteiger partial charge on any atom is 0.336 e. The Kier molecular flexibility index (Phi) is 2.67. The molecule has 2 atom stereocenters. The van der Waals surface area contributed by atoms with Gasteiger partial charge in [-0.25, -0.2) is 4.79 Å². The van der Waals surface area contributed by atoms with Crippen molar-refractivity contribution in [1.29, 1.82) is 0 Å². The molecule has 2 fully saturated rings. The number of carbonyl (C=O) groups is 1. The fourth-order valence-corrected chi connectivity index (χ4v) is 3.48. The van der Waals surface area contributed by atoms with Crippen LogP contribution in [0.2, 0.25) is 0 Å². The van der Waals surface area contributed by atoms with Crippen LogP contribution in [0.15, 0.2) is 24.3 Å². The predicted molar refractivity (Wildman–Crippen MR) is 69.5 cm³/mol. The summed E-state index contributed by atoms with van der Waals surface area (Å²) in [6, 6.07) is 7.35. The van der Waals surface area contributed by atoms with Crippen molar-refractivity contribution in [3.05, 3.63) is 35.4 Å². The minimum atomic E-state index is -0.819. The van der Waals surface area contributed by atoms with Gasteiger partial charge in [0.25, 0.3) is 0 Å². The number of hydrogen-bond donors (Lipinski definition) is 1. The molecular weight excluding hydrogens is 226 g/mol. The van der Waals surface area contributed by atoms with Crippen LogP contribution in [0.5, 0.6) is 0 Å². The van der Waals surface area contributed by atoms with Crippen molar-refractivity contribution in [3.63, 3.8) is 0 Å². The van der Waals surface area contributed by atoms with Gasteiger partial charge in [-0.3, -0.25) is 4.90 Å². The summed E-state index contributed by atoms with van der Waals surface area (Å²) in [7, 11) is 0. The molecular formula is C15H19NO2. The monoisotopic (exact) mass is 245 g/mol. The molecule has 1 aromatic carbocycles. The third-order valence-corrected chi connectivity index (χ3v) is 4.72. The Balaban J connectivity index is 1.73. The zero-order valence-corrected chi connectivity index (χ0v) is 10.7. The van der Waals surface area contributed by atoms with Gasteiger partial charge in [-0.2, -0.15) is 0 Å². The Labute approximate surface area is 107 Å². The largest absolute Gasteiger partial charge is 0.478 e. The lowest BCUT2D eigenvalue weighted by Crippen LogP contribution is -2.25. The highest BCUT2D eigenvalue weighted by atomic mass is 16.4. The van der Waals surface area contributed by atoms with Gasteiger partial charge in [0.15, 0.2) is 0 Å². The molecule has 3 nitrogen and oxygen atoms in total. The van der Waals surface area contributed by atoms with E-state index in [1.165, 1.54) is 12.8 Å². The van der Waals surface area contributed by atoms with E-state index in [9.17, 15) is 9.90 Å². The average Bonchev–Trinajstić information content (AvgIpc) is 2.93. The molecule has 1 heterocycles. The van der Waals surface area contributed by atoms with Crippen LogP contribution in [0.25, 0.3) is 0 Å². The molecule has 96 valence electrons. The van der Waals surface area contributed by atoms with E-state index >= 15 is 0 Å². The van der Waals surface area contributed by atoms with Gasteiger partial charge in [0, 0.05) is 19.6 Å². The van der Waals surface area contributed by atoms with E-state index in [1.54, 1.807) is 12.1 Å². The lowest BCUT2D eigenvalue weighted by molar-refractivity contribution is 0.0694. The third kappa shape index (κ3) is 1.83. The number of carboxylic acids is 1. The van der Waals surface area contributed by atoms with Crippen LogP contribution in [0.3, 0.4) is 0 Å². The lowest BCUT2D eigenvalue weighted by atomic mass is 10.0. The molecule has 0 aromatic heterocycles. The van der Waals surface area contributed by atoms with Crippen LogP contribution in [0, 0.1) is 11.3 Å². The number of rotatable bonds is 4. The summed E-state index contributed by atoms with van der Waals surface area (Å²) in [4.78, 5) is 13.6. The topological polar surface area (TPSA) is 40.5 Å². The fraction of sp³-hybridized carbons (Fsp3) is 0.533. The number of fused-ring (bicyclic) bond motifs is 1. The lowest BCUT2D eigenvalue weighted by Gasteiger charge is -2.21. The number of benzene rings is 1. The van der Waals surface area contributed by atoms with Gasteiger partial charge in [0.2, 0.25) is 0 Å². The van der Waals surface area contributed by atoms with Crippen LogP contribution in [-0.4, -0.2) is 29.1 Å². The first-order chi connectivity index (χ1) is 8.64. The second-order valence-electron chi connectivity index (χ2n) is 5.75. The van der Waals surface area contributed by atoms with E-state index in [0.717, 1.165) is 31.1 Å². The Morgan fingerprint density at radius 3 is 2.94 bits per heavy atom. The Morgan fingerprint density at radius 1 is 1.50 bits per heavy atom. The highest BCUT2D eigenvalue weighted by Crippen LogP contribution is 2.60. The van der Waals surface area contributed by atoms with E-state index in [4.69, 9.17) is 0 Å². The van der Waals surface area contributed by atoms with E-state index in [2.05, 4.69) is 11.8 Å². The molecule has 2 unspecified atom stereocenters. The van der Waals surface area contributed by atoms with Gasteiger partial charge in [0.1, 0.15) is 0 Å². The van der Waals surface area contributed by atoms with Gasteiger partial charge in [0.05, 0.1) is 5.56 Å². The maximum atomic E-state index is 11.2. The van der Waals surface area contributed by atoms with Gasteiger partial charge in [-0.15, -0.1) is 0 Å². The molecule has 1 saturated heterocycles. The van der Waals surface area contributed by atoms with Crippen molar-refractivity contribution in [2.24, 2.45) is 11.3 Å². The molecule has 1 aliphatic carbocycles. The van der Waals surface area contributed by atoms with E-state index in [-0.39, 0.29) is 0 Å². The van der Waals surface area contributed by atoms with Crippen molar-refractivity contribution in [1.82, 2.24) is 4.90 Å². The van der Waals surface area contributed by atoms with Crippen LogP contribution >= 0.6 is 0 Å². The quantitative estimate of drug-likeness (QED) is 0.886. The minimum Gasteiger partial charge on any atom is -0.478 e. The van der Waals surface area contributed by atoms with Crippen LogP contribution < -0.4 is 0 Å². The number of aromatic carboxylic acids is 1. The van der Waals surface area contributed by atoms with Crippen LogP contribution in [0.1, 0.15) is 35.7 Å². The summed E-state index contributed by atoms with van der Waals surface area (Å²) in [6.07, 6.45) is 2.63. The van der Waals surface area contributed by atoms with Crippen molar-refractivity contribution in [2.75, 3.05) is 13.1 Å². The first-order valence-corrected chi connectivity index (χ1v) is 6.68. The highest BCUT2D eigenvalue weighted by molar-refractivity contribution is 5.89. The summed E-state index contributed by atoms with van der Waals surface area (Å²) in [5, 5.41) is 9.18. The van der Waals surface area contributed by atoms with Gasteiger partial charge < -0.3 is 5.11 Å². The molecule has 1 aliphatic heterocycles. The maximum absolute atomic E-state index is 11.2. The normalized spacial score (nSPS) is 30.2. The van der Waals surface area contributed by atoms with Crippen molar-refractivity contribution < 1.29 is 9.90 Å². The third-order valence-electron chi connectivity index (χ3n) is 4.72. The number of hydrogen-bond acceptors (Lipinski definition) is 2. The van der Waals surface area contributed by atoms with Gasteiger partial charge >= 0.3 is 5.97 Å². The average molecular weight is 245 g/mol. The molecule has 3 heteroatoms. The molecule has 0 radical (unpaired) electrons. The number of piperidine rings is 1. The molecule has 2 aliphatic rings. The zero-order valence-electron chi connectivity index (χ0n) is 10.7. The Hall–Kier alpha value is -1.35. The summed E-state index contributed by atoms with van der Waals surface area (Å²) >= 11 is 0. The summed E-state index contributed by atoms with van der Waals surface area (Å²) < 4.78 is 0. The summed E-state index contributed by atoms with van der Waals surface area (Å²) in [6.45, 7) is 5.33. The molecule has 1 saturated carbocycles. The first-order valence-electron chi connectivity index (χ1n) is 6.68. The smallest absolute Gasteiger partial charge is 0.336 e. The zero-order chi connectivity index (χ0) is 12.8. The van der Waals surface area contributed by atoms with E-state index < -0.39 is 5.97 Å². The molecule has 1 aromatic rings. The standard InChI is InChI=1S/C15H19NO2/c1-2-15-7-12(15)9-16(10-15)8-11-5-3-4-6-13(11)14(17)18/h3-6,12H,2,7-10H2,1H3,(H,17,18). The van der Waals surface area contributed by atoms with E-state index in [0.29, 0.717) is 11.0 Å². The molecule has 3 rings (SSSR count). The molecule has 0 amide bonds. The summed E-state index contributed by atoms with van der Waals surface area (Å²) in [5.74, 6) is 0.0413. The Morgan fingerprint density at radius 2 is 2.28 bits per heavy atom. The van der Waals surface area contributed by atoms with Crippen LogP contribution in [0.4, 0.5) is 0 Å². The number of carboxylic acid groups (broad SMARTS) is 1. The van der Waals surface area contributed by atoms with Crippen LogP contribution in [-0.2, 0) is 6.54 Å². The molecule has 1 N–H and O–H groups in total. The van der Waals surface area contributed by atoms with Crippen molar-refractivity contribution in [3.8, 4) is 0 Å². The number of nitrogens with zero attached hydrogens (tertiary/aromatic N) is 1. The fourth-order valence-electron chi connectivity index (χ4n) is 3.48. The van der Waals surface area contributed by atoms with Gasteiger partial charge in [-0.1, -0.05) is 25.1 Å². The van der Waals surface area contributed by atoms with Gasteiger partial charge in [-0.05, 0) is 35.8 Å². The highest BCUT2D eigenvalue weighted by Gasteiger charge is 2.57. The number of likely N-dealkylation sites (tertiary alicyclic amines) is 1. The molecule has 0 spiro atoms. The SMILES string of the molecule is CCC12CC1CN(Cc1ccccc1C(=O)O)C2. The second-order valence-corrected chi connectivity index (χ2v) is 5.75. The van der Waals surface area contributed by atoms with Crippen molar-refractivity contribution >= 4 is 5.97 Å². The first kappa shape index (κ1) is 11.7. The predicted octanol–water partition coefficient (Wildman–Crippen LogP) is 2.62. The second kappa shape index (κ2) is 4.09. The van der Waals surface area contributed by atoms with E-state index in [1.807, 2.05) is 12.1 Å². The minimum absolute atomic E-state index is 0.448. The Bertz CT molecular complexity index is 481. The molecule has 18 heavy (non-hydrogen) atoms. The molecule has 0 bridgehead atoms. The summed E-state index contributed by atoms with van der Waals surface area (Å²) in [5.41, 5.74) is 1.96.